The standard InChI is InChI=1S/C11H17NO3S/c1-2-15-11(14)8-6-16-7-12-5-3-4-9(13)10(8)12/h8,10H,2-7H2,1H3. The minimum absolute atomic E-state index is 0.208. The highest BCUT2D eigenvalue weighted by Crippen LogP contribution is 2.30. The molecule has 0 N–H and O–H groups in total. The molecule has 2 saturated heterocycles. The second-order valence-electron chi connectivity index (χ2n) is 4.19. The summed E-state index contributed by atoms with van der Waals surface area (Å²) in [6.07, 6.45) is 1.53. The van der Waals surface area contributed by atoms with Crippen molar-refractivity contribution in [3.05, 3.63) is 0 Å². The van der Waals surface area contributed by atoms with Crippen LogP contribution in [0.4, 0.5) is 0 Å². The van der Waals surface area contributed by atoms with Crippen molar-refractivity contribution in [2.75, 3.05) is 24.8 Å². The molecule has 2 atom stereocenters. The Labute approximate surface area is 99.7 Å². The van der Waals surface area contributed by atoms with E-state index in [-0.39, 0.29) is 23.7 Å². The summed E-state index contributed by atoms with van der Waals surface area (Å²) in [5.41, 5.74) is 0. The number of piperidine rings is 1. The first-order chi connectivity index (χ1) is 7.74. The second-order valence-corrected chi connectivity index (χ2v) is 5.19. The molecule has 2 aliphatic rings. The van der Waals surface area contributed by atoms with Gasteiger partial charge in [0.05, 0.1) is 18.6 Å². The van der Waals surface area contributed by atoms with Crippen molar-refractivity contribution in [1.82, 2.24) is 4.90 Å². The quantitative estimate of drug-likeness (QED) is 0.674. The molecular weight excluding hydrogens is 226 g/mol. The van der Waals surface area contributed by atoms with Crippen molar-refractivity contribution in [2.24, 2.45) is 5.92 Å². The summed E-state index contributed by atoms with van der Waals surface area (Å²) in [5.74, 6) is 1.33. The lowest BCUT2D eigenvalue weighted by Gasteiger charge is -2.41. The minimum atomic E-state index is -0.258. The van der Waals surface area contributed by atoms with Gasteiger partial charge in [0, 0.05) is 24.6 Å². The predicted octanol–water partition coefficient (Wildman–Crippen LogP) is 0.903. The van der Waals surface area contributed by atoms with Crippen molar-refractivity contribution in [3.63, 3.8) is 0 Å². The summed E-state index contributed by atoms with van der Waals surface area (Å²) in [5, 5.41) is 0. The van der Waals surface area contributed by atoms with Gasteiger partial charge in [0.2, 0.25) is 0 Å². The Morgan fingerprint density at radius 3 is 3.19 bits per heavy atom. The molecule has 0 saturated carbocycles. The van der Waals surface area contributed by atoms with Crippen molar-refractivity contribution >= 4 is 23.5 Å². The Morgan fingerprint density at radius 2 is 2.44 bits per heavy atom. The molecule has 2 unspecified atom stereocenters. The SMILES string of the molecule is CCOC(=O)C1CSCN2CCCC(=O)C12. The van der Waals surface area contributed by atoms with E-state index in [1.54, 1.807) is 18.7 Å². The molecule has 0 radical (unpaired) electrons. The molecule has 2 heterocycles. The molecule has 2 fully saturated rings. The Balaban J connectivity index is 2.11. The van der Waals surface area contributed by atoms with E-state index in [0.29, 0.717) is 18.8 Å². The zero-order chi connectivity index (χ0) is 11.5. The van der Waals surface area contributed by atoms with Crippen molar-refractivity contribution in [1.29, 1.82) is 0 Å². The number of hydrogen-bond donors (Lipinski definition) is 0. The number of carbonyl (C=O) groups excluding carboxylic acids is 2. The number of ether oxygens (including phenoxy) is 1. The first-order valence-electron chi connectivity index (χ1n) is 5.75. The van der Waals surface area contributed by atoms with E-state index < -0.39 is 0 Å². The third-order valence-electron chi connectivity index (χ3n) is 3.12. The fraction of sp³-hybridized carbons (Fsp3) is 0.818. The van der Waals surface area contributed by atoms with Gasteiger partial charge < -0.3 is 4.74 Å². The number of fused-ring (bicyclic) bond motifs is 1. The van der Waals surface area contributed by atoms with Crippen LogP contribution in [-0.2, 0) is 14.3 Å². The summed E-state index contributed by atoms with van der Waals surface area (Å²) in [6, 6.07) is -0.214. The molecular formula is C11H17NO3S. The Hall–Kier alpha value is -0.550. The van der Waals surface area contributed by atoms with Gasteiger partial charge >= 0.3 is 5.97 Å². The molecule has 2 rings (SSSR count). The van der Waals surface area contributed by atoms with E-state index in [0.717, 1.165) is 18.8 Å². The zero-order valence-corrected chi connectivity index (χ0v) is 10.3. The van der Waals surface area contributed by atoms with Gasteiger partial charge in [-0.05, 0) is 13.3 Å². The summed E-state index contributed by atoms with van der Waals surface area (Å²) < 4.78 is 5.05. The number of carbonyl (C=O) groups is 2. The largest absolute Gasteiger partial charge is 0.466 e. The van der Waals surface area contributed by atoms with E-state index in [4.69, 9.17) is 4.74 Å². The molecule has 2 aliphatic heterocycles. The topological polar surface area (TPSA) is 46.6 Å². The molecule has 0 aromatic heterocycles. The van der Waals surface area contributed by atoms with Gasteiger partial charge in [0.15, 0.2) is 5.78 Å². The maximum atomic E-state index is 11.9. The van der Waals surface area contributed by atoms with Crippen LogP contribution in [0, 0.1) is 5.92 Å². The first kappa shape index (κ1) is 11.9. The smallest absolute Gasteiger partial charge is 0.311 e. The van der Waals surface area contributed by atoms with Crippen molar-refractivity contribution in [2.45, 2.75) is 25.8 Å². The van der Waals surface area contributed by atoms with E-state index in [1.807, 2.05) is 0 Å². The molecule has 0 aromatic rings. The molecule has 0 aliphatic carbocycles. The summed E-state index contributed by atoms with van der Waals surface area (Å²) in [4.78, 5) is 25.8. The Kier molecular flexibility index (Phi) is 3.86. The maximum Gasteiger partial charge on any atom is 0.311 e. The zero-order valence-electron chi connectivity index (χ0n) is 9.48. The fourth-order valence-corrected chi connectivity index (χ4v) is 3.61. The molecule has 4 nitrogen and oxygen atoms in total. The van der Waals surface area contributed by atoms with Gasteiger partial charge in [-0.2, -0.15) is 0 Å². The highest BCUT2D eigenvalue weighted by molar-refractivity contribution is 7.99. The van der Waals surface area contributed by atoms with Gasteiger partial charge in [-0.3, -0.25) is 14.5 Å². The number of Topliss-reactive ketones (excluding diaryl/α,β-unsaturated/α-hetero) is 1. The second kappa shape index (κ2) is 5.19. The highest BCUT2D eigenvalue weighted by Gasteiger charge is 2.42. The Bertz CT molecular complexity index is 293. The Morgan fingerprint density at radius 1 is 1.62 bits per heavy atom. The van der Waals surface area contributed by atoms with Gasteiger partial charge in [0.25, 0.3) is 0 Å². The van der Waals surface area contributed by atoms with Crippen LogP contribution in [0.1, 0.15) is 19.8 Å². The summed E-state index contributed by atoms with van der Waals surface area (Å²) in [6.45, 7) is 3.12. The normalized spacial score (nSPS) is 30.9. The van der Waals surface area contributed by atoms with Gasteiger partial charge in [-0.1, -0.05) is 0 Å². The summed E-state index contributed by atoms with van der Waals surface area (Å²) in [7, 11) is 0. The average Bonchev–Trinajstić information content (AvgIpc) is 2.29. The monoisotopic (exact) mass is 243 g/mol. The molecule has 16 heavy (non-hydrogen) atoms. The third kappa shape index (κ3) is 2.25. The molecule has 0 bridgehead atoms. The number of rotatable bonds is 2. The fourth-order valence-electron chi connectivity index (χ4n) is 2.41. The van der Waals surface area contributed by atoms with Crippen LogP contribution in [0.25, 0.3) is 0 Å². The number of esters is 1. The highest BCUT2D eigenvalue weighted by atomic mass is 32.2. The van der Waals surface area contributed by atoms with Crippen LogP contribution < -0.4 is 0 Å². The number of nitrogens with zero attached hydrogens (tertiary/aromatic N) is 1. The van der Waals surface area contributed by atoms with Crippen LogP contribution in [0.15, 0.2) is 0 Å². The van der Waals surface area contributed by atoms with Gasteiger partial charge in [0.1, 0.15) is 0 Å². The van der Waals surface area contributed by atoms with E-state index in [1.165, 1.54) is 0 Å². The molecule has 0 amide bonds. The predicted molar refractivity (Wildman–Crippen MR) is 62.2 cm³/mol. The van der Waals surface area contributed by atoms with Gasteiger partial charge in [-0.15, -0.1) is 11.8 Å². The molecule has 0 spiro atoms. The third-order valence-corrected chi connectivity index (χ3v) is 4.23. The van der Waals surface area contributed by atoms with Crippen LogP contribution in [0.2, 0.25) is 0 Å². The average molecular weight is 243 g/mol. The first-order valence-corrected chi connectivity index (χ1v) is 6.90. The number of hydrogen-bond acceptors (Lipinski definition) is 5. The lowest BCUT2D eigenvalue weighted by molar-refractivity contribution is -0.153. The van der Waals surface area contributed by atoms with Crippen LogP contribution in [-0.4, -0.2) is 47.5 Å². The van der Waals surface area contributed by atoms with Crippen LogP contribution in [0.3, 0.4) is 0 Å². The van der Waals surface area contributed by atoms with Gasteiger partial charge in [-0.25, -0.2) is 0 Å². The number of thioether (sulfide) groups is 1. The number of ketones is 1. The summed E-state index contributed by atoms with van der Waals surface area (Å²) >= 11 is 1.72. The molecule has 90 valence electrons. The van der Waals surface area contributed by atoms with Crippen molar-refractivity contribution in [3.8, 4) is 0 Å². The molecule has 5 heteroatoms. The maximum absolute atomic E-state index is 11.9. The minimum Gasteiger partial charge on any atom is -0.466 e. The van der Waals surface area contributed by atoms with Crippen molar-refractivity contribution < 1.29 is 14.3 Å². The van der Waals surface area contributed by atoms with E-state index in [2.05, 4.69) is 4.90 Å². The van der Waals surface area contributed by atoms with Crippen LogP contribution in [0.5, 0.6) is 0 Å². The lowest BCUT2D eigenvalue weighted by atomic mass is 9.90. The molecule has 0 aromatic carbocycles. The lowest BCUT2D eigenvalue weighted by Crippen LogP contribution is -2.55. The van der Waals surface area contributed by atoms with E-state index in [9.17, 15) is 9.59 Å². The van der Waals surface area contributed by atoms with E-state index >= 15 is 0 Å². The van der Waals surface area contributed by atoms with Crippen LogP contribution >= 0.6 is 11.8 Å².